The predicted octanol–water partition coefficient (Wildman–Crippen LogP) is 0.357. The van der Waals surface area contributed by atoms with E-state index < -0.39 is 12.1 Å². The molecule has 0 aliphatic carbocycles. The summed E-state index contributed by atoms with van der Waals surface area (Å²) < 4.78 is 5.36. The van der Waals surface area contributed by atoms with Crippen molar-refractivity contribution in [1.29, 1.82) is 0 Å². The third-order valence-corrected chi connectivity index (χ3v) is 3.98. The first-order chi connectivity index (χ1) is 10.1. The van der Waals surface area contributed by atoms with Crippen LogP contribution in [0.4, 0.5) is 4.79 Å². The van der Waals surface area contributed by atoms with Gasteiger partial charge in [-0.15, -0.1) is 0 Å². The lowest BCUT2D eigenvalue weighted by atomic mass is 10.1. The second-order valence-electron chi connectivity index (χ2n) is 5.67. The summed E-state index contributed by atoms with van der Waals surface area (Å²) in [6.45, 7) is 5.03. The van der Waals surface area contributed by atoms with Crippen molar-refractivity contribution in [3.63, 3.8) is 0 Å². The molecule has 0 aromatic heterocycles. The van der Waals surface area contributed by atoms with Crippen LogP contribution >= 0.6 is 0 Å². The molecular weight excluding hydrogens is 274 g/mol. The van der Waals surface area contributed by atoms with Crippen molar-refractivity contribution in [3.05, 3.63) is 0 Å². The number of carboxylic acids is 1. The van der Waals surface area contributed by atoms with Crippen LogP contribution in [-0.2, 0) is 9.53 Å². The number of rotatable bonds is 5. The van der Waals surface area contributed by atoms with Gasteiger partial charge >= 0.3 is 12.0 Å². The summed E-state index contributed by atoms with van der Waals surface area (Å²) in [5.74, 6) is -0.896. The summed E-state index contributed by atoms with van der Waals surface area (Å²) in [7, 11) is 0. The van der Waals surface area contributed by atoms with Gasteiger partial charge in [-0.1, -0.05) is 6.42 Å². The van der Waals surface area contributed by atoms with E-state index in [1.165, 1.54) is 19.3 Å². The summed E-state index contributed by atoms with van der Waals surface area (Å²) in [4.78, 5) is 26.8. The number of morpholine rings is 1. The van der Waals surface area contributed by atoms with Crippen molar-refractivity contribution in [2.24, 2.45) is 0 Å². The number of likely N-dealkylation sites (tertiary alicyclic amines) is 1. The van der Waals surface area contributed by atoms with Gasteiger partial charge in [0.05, 0.1) is 19.1 Å². The normalized spacial score (nSPS) is 23.8. The lowest BCUT2D eigenvalue weighted by Crippen LogP contribution is -2.51. The summed E-state index contributed by atoms with van der Waals surface area (Å²) >= 11 is 0. The summed E-state index contributed by atoms with van der Waals surface area (Å²) in [6, 6.07) is -0.120. The zero-order valence-corrected chi connectivity index (χ0v) is 12.4. The molecular formula is C14H25N3O4. The molecule has 2 rings (SSSR count). The minimum atomic E-state index is -0.896. The molecule has 1 unspecified atom stereocenters. The fourth-order valence-corrected chi connectivity index (χ4v) is 2.84. The molecule has 0 aromatic carbocycles. The Morgan fingerprint density at radius 2 is 1.95 bits per heavy atom. The lowest BCUT2D eigenvalue weighted by Gasteiger charge is -2.32. The first-order valence-corrected chi connectivity index (χ1v) is 7.73. The Kier molecular flexibility index (Phi) is 6.25. The molecule has 21 heavy (non-hydrogen) atoms. The second kappa shape index (κ2) is 8.19. The average molecular weight is 299 g/mol. The van der Waals surface area contributed by atoms with Gasteiger partial charge < -0.3 is 25.0 Å². The fraction of sp³-hybridized carbons (Fsp3) is 0.857. The minimum Gasteiger partial charge on any atom is -0.481 e. The van der Waals surface area contributed by atoms with Crippen LogP contribution in [0, 0.1) is 0 Å². The maximum Gasteiger partial charge on any atom is 0.317 e. The topological polar surface area (TPSA) is 82.1 Å². The maximum absolute atomic E-state index is 12.1. The largest absolute Gasteiger partial charge is 0.481 e. The number of amides is 2. The molecule has 120 valence electrons. The molecule has 7 heteroatoms. The number of nitrogens with zero attached hydrogens (tertiary/aromatic N) is 2. The number of hydrogen-bond donors (Lipinski definition) is 2. The second-order valence-corrected chi connectivity index (χ2v) is 5.67. The Balaban J connectivity index is 1.66. The van der Waals surface area contributed by atoms with Crippen LogP contribution in [0.1, 0.15) is 25.7 Å². The van der Waals surface area contributed by atoms with E-state index in [-0.39, 0.29) is 12.5 Å². The standard InChI is InChI=1S/C14H25N3O4/c18-13(19)10-12-11-17(8-9-21-12)14(20)15-4-7-16-5-2-1-3-6-16/h12H,1-11H2,(H,15,20)(H,18,19). The van der Waals surface area contributed by atoms with E-state index in [0.717, 1.165) is 19.6 Å². The Hall–Kier alpha value is -1.34. The van der Waals surface area contributed by atoms with Gasteiger partial charge in [0.25, 0.3) is 0 Å². The van der Waals surface area contributed by atoms with E-state index in [1.54, 1.807) is 4.90 Å². The Morgan fingerprint density at radius 1 is 1.19 bits per heavy atom. The molecule has 0 spiro atoms. The van der Waals surface area contributed by atoms with Crippen molar-refractivity contribution < 1.29 is 19.4 Å². The molecule has 2 heterocycles. The number of carboxylic acid groups (broad SMARTS) is 1. The van der Waals surface area contributed by atoms with Crippen molar-refractivity contribution >= 4 is 12.0 Å². The van der Waals surface area contributed by atoms with Crippen LogP contribution in [-0.4, -0.2) is 78.9 Å². The van der Waals surface area contributed by atoms with E-state index >= 15 is 0 Å². The van der Waals surface area contributed by atoms with Crippen molar-refractivity contribution in [3.8, 4) is 0 Å². The van der Waals surface area contributed by atoms with E-state index in [0.29, 0.717) is 26.2 Å². The Morgan fingerprint density at radius 3 is 2.67 bits per heavy atom. The third-order valence-electron chi connectivity index (χ3n) is 3.98. The molecule has 7 nitrogen and oxygen atoms in total. The highest BCUT2D eigenvalue weighted by atomic mass is 16.5. The zero-order valence-electron chi connectivity index (χ0n) is 12.4. The van der Waals surface area contributed by atoms with Gasteiger partial charge in [0.2, 0.25) is 0 Å². The van der Waals surface area contributed by atoms with Crippen molar-refractivity contribution in [2.75, 3.05) is 45.9 Å². The van der Waals surface area contributed by atoms with Crippen LogP contribution in [0.5, 0.6) is 0 Å². The van der Waals surface area contributed by atoms with E-state index in [1.807, 2.05) is 0 Å². The lowest BCUT2D eigenvalue weighted by molar-refractivity contribution is -0.141. The molecule has 1 atom stereocenters. The molecule has 2 saturated heterocycles. The zero-order chi connectivity index (χ0) is 15.1. The van der Waals surface area contributed by atoms with Gasteiger partial charge in [-0.2, -0.15) is 0 Å². The summed E-state index contributed by atoms with van der Waals surface area (Å²) in [5.41, 5.74) is 0. The number of aliphatic carboxylic acids is 1. The summed E-state index contributed by atoms with van der Waals surface area (Å²) in [6.07, 6.45) is 3.34. The fourth-order valence-electron chi connectivity index (χ4n) is 2.84. The highest BCUT2D eigenvalue weighted by molar-refractivity contribution is 5.74. The van der Waals surface area contributed by atoms with E-state index in [4.69, 9.17) is 9.84 Å². The van der Waals surface area contributed by atoms with Crippen LogP contribution in [0.2, 0.25) is 0 Å². The SMILES string of the molecule is O=C(O)CC1CN(C(=O)NCCN2CCCCC2)CCO1. The van der Waals surface area contributed by atoms with Gasteiger partial charge in [-0.3, -0.25) is 4.79 Å². The number of piperidine rings is 1. The molecule has 2 amide bonds. The van der Waals surface area contributed by atoms with Crippen LogP contribution < -0.4 is 5.32 Å². The monoisotopic (exact) mass is 299 g/mol. The first kappa shape index (κ1) is 16.0. The number of carbonyl (C=O) groups excluding carboxylic acids is 1. The Bertz CT molecular complexity index is 358. The smallest absolute Gasteiger partial charge is 0.317 e. The minimum absolute atomic E-state index is 0.0580. The molecule has 2 aliphatic heterocycles. The molecule has 2 aliphatic rings. The number of carbonyl (C=O) groups is 2. The molecule has 0 saturated carbocycles. The van der Waals surface area contributed by atoms with Crippen LogP contribution in [0.25, 0.3) is 0 Å². The van der Waals surface area contributed by atoms with Crippen molar-refractivity contribution in [1.82, 2.24) is 15.1 Å². The van der Waals surface area contributed by atoms with E-state index in [9.17, 15) is 9.59 Å². The number of ether oxygens (including phenoxy) is 1. The van der Waals surface area contributed by atoms with Crippen molar-refractivity contribution in [2.45, 2.75) is 31.8 Å². The number of nitrogens with one attached hydrogen (secondary N) is 1. The summed E-state index contributed by atoms with van der Waals surface area (Å²) in [5, 5.41) is 11.7. The average Bonchev–Trinajstić information content (AvgIpc) is 2.48. The van der Waals surface area contributed by atoms with Gasteiger partial charge in [0.15, 0.2) is 0 Å². The highest BCUT2D eigenvalue weighted by Gasteiger charge is 2.25. The third kappa shape index (κ3) is 5.51. The van der Waals surface area contributed by atoms with Gasteiger partial charge in [0, 0.05) is 26.2 Å². The van der Waals surface area contributed by atoms with Crippen LogP contribution in [0.3, 0.4) is 0 Å². The highest BCUT2D eigenvalue weighted by Crippen LogP contribution is 2.09. The predicted molar refractivity (Wildman–Crippen MR) is 77.3 cm³/mol. The molecule has 0 bridgehead atoms. The Labute approximate surface area is 125 Å². The number of urea groups is 1. The van der Waals surface area contributed by atoms with Crippen LogP contribution in [0.15, 0.2) is 0 Å². The number of hydrogen-bond acceptors (Lipinski definition) is 4. The molecule has 2 fully saturated rings. The maximum atomic E-state index is 12.1. The molecule has 0 aromatic rings. The van der Waals surface area contributed by atoms with Gasteiger partial charge in [-0.05, 0) is 25.9 Å². The van der Waals surface area contributed by atoms with E-state index in [2.05, 4.69) is 10.2 Å². The quantitative estimate of drug-likeness (QED) is 0.766. The molecule has 2 N–H and O–H groups in total. The van der Waals surface area contributed by atoms with Gasteiger partial charge in [0.1, 0.15) is 0 Å². The molecule has 0 radical (unpaired) electrons. The first-order valence-electron chi connectivity index (χ1n) is 7.73. The van der Waals surface area contributed by atoms with Gasteiger partial charge in [-0.25, -0.2) is 4.79 Å².